The highest BCUT2D eigenvalue weighted by Crippen LogP contribution is 2.31. The fourth-order valence-corrected chi connectivity index (χ4v) is 2.90. The Labute approximate surface area is 183 Å². The lowest BCUT2D eigenvalue weighted by Gasteiger charge is -2.09. The topological polar surface area (TPSA) is 65.4 Å². The summed E-state index contributed by atoms with van der Waals surface area (Å²) in [7, 11) is 1.62. The lowest BCUT2D eigenvalue weighted by Crippen LogP contribution is -2.12. The number of aromatic nitrogens is 2. The van der Waals surface area contributed by atoms with Crippen LogP contribution in [0.4, 0.5) is 5.69 Å². The minimum atomic E-state index is -0.274. The molecule has 3 aromatic rings. The molecule has 0 saturated heterocycles. The summed E-state index contributed by atoms with van der Waals surface area (Å²) in [5, 5.41) is 8.20. The lowest BCUT2D eigenvalue weighted by molar-refractivity contribution is -0.113. The molecule has 29 heavy (non-hydrogen) atoms. The highest BCUT2D eigenvalue weighted by molar-refractivity contribution is 6.42. The molecule has 0 spiro atoms. The van der Waals surface area contributed by atoms with E-state index in [2.05, 4.69) is 10.4 Å². The van der Waals surface area contributed by atoms with Crippen molar-refractivity contribution in [2.75, 3.05) is 24.9 Å². The molecule has 9 heteroatoms. The molecule has 0 fully saturated rings. The Balaban J connectivity index is 1.84. The smallest absolute Gasteiger partial charge is 0.239 e. The maximum absolute atomic E-state index is 11.4. The molecule has 1 aromatic heterocycles. The van der Waals surface area contributed by atoms with Gasteiger partial charge in [0.15, 0.2) is 0 Å². The van der Waals surface area contributed by atoms with Crippen molar-refractivity contribution in [3.05, 3.63) is 58.6 Å². The summed E-state index contributed by atoms with van der Waals surface area (Å²) >= 11 is 17.6. The molecule has 6 nitrogen and oxygen atoms in total. The monoisotopic (exact) mass is 453 g/mol. The molecule has 1 amide bonds. The first-order valence-electron chi connectivity index (χ1n) is 8.66. The summed E-state index contributed by atoms with van der Waals surface area (Å²) in [6.07, 6.45) is 0. The number of halogens is 3. The van der Waals surface area contributed by atoms with Gasteiger partial charge in [0.25, 0.3) is 0 Å². The van der Waals surface area contributed by atoms with E-state index in [0.717, 1.165) is 5.56 Å². The number of ether oxygens (including phenoxy) is 2. The van der Waals surface area contributed by atoms with E-state index in [0.29, 0.717) is 46.2 Å². The number of carbonyl (C=O) groups is 1. The molecule has 0 aliphatic carbocycles. The molecule has 0 radical (unpaired) electrons. The largest absolute Gasteiger partial charge is 0.439 e. The Hall–Kier alpha value is -2.25. The number of nitrogens with zero attached hydrogens (tertiary/aromatic N) is 2. The van der Waals surface area contributed by atoms with Gasteiger partial charge in [-0.15, -0.1) is 11.6 Å². The van der Waals surface area contributed by atoms with Crippen molar-refractivity contribution in [1.82, 2.24) is 9.78 Å². The standard InChI is InChI=1S/C20H18Cl3N3O3/c1-28-9-8-26-20(11-18(25-26)13-2-7-16(22)17(23)10-13)29-15-5-3-14(4-6-15)24-19(27)12-21/h2-7,10-11H,8-9,12H2,1H3,(H,24,27). The van der Waals surface area contributed by atoms with Gasteiger partial charge in [-0.1, -0.05) is 29.3 Å². The van der Waals surface area contributed by atoms with Crippen molar-refractivity contribution in [2.45, 2.75) is 6.54 Å². The quantitative estimate of drug-likeness (QED) is 0.458. The minimum absolute atomic E-state index is 0.103. The van der Waals surface area contributed by atoms with Gasteiger partial charge in [0, 0.05) is 24.4 Å². The number of amides is 1. The molecule has 0 unspecified atom stereocenters. The molecule has 0 aliphatic rings. The zero-order valence-corrected chi connectivity index (χ0v) is 17.8. The van der Waals surface area contributed by atoms with Crippen LogP contribution >= 0.6 is 34.8 Å². The summed E-state index contributed by atoms with van der Waals surface area (Å²) in [4.78, 5) is 11.4. The second-order valence-corrected chi connectivity index (χ2v) is 7.10. The molecular weight excluding hydrogens is 437 g/mol. The number of rotatable bonds is 8. The van der Waals surface area contributed by atoms with Gasteiger partial charge in [0.1, 0.15) is 11.6 Å². The number of carbonyl (C=O) groups excluding carboxylic acids is 1. The van der Waals surface area contributed by atoms with E-state index in [1.807, 2.05) is 12.1 Å². The number of hydrogen-bond acceptors (Lipinski definition) is 4. The third-order valence-corrected chi connectivity index (χ3v) is 4.93. The fourth-order valence-electron chi connectivity index (χ4n) is 2.54. The average molecular weight is 455 g/mol. The number of alkyl halides is 1. The summed E-state index contributed by atoms with van der Waals surface area (Å²) < 4.78 is 12.9. The predicted molar refractivity (Wildman–Crippen MR) is 115 cm³/mol. The van der Waals surface area contributed by atoms with Gasteiger partial charge in [-0.2, -0.15) is 5.10 Å². The molecule has 3 rings (SSSR count). The van der Waals surface area contributed by atoms with Gasteiger partial charge in [-0.3, -0.25) is 4.79 Å². The summed E-state index contributed by atoms with van der Waals surface area (Å²) in [5.41, 5.74) is 2.15. The van der Waals surface area contributed by atoms with Crippen molar-refractivity contribution >= 4 is 46.4 Å². The molecular formula is C20H18Cl3N3O3. The van der Waals surface area contributed by atoms with Crippen LogP contribution in [0.1, 0.15) is 0 Å². The second kappa shape index (κ2) is 9.98. The van der Waals surface area contributed by atoms with Crippen molar-refractivity contribution in [2.24, 2.45) is 0 Å². The summed E-state index contributed by atoms with van der Waals surface area (Å²) in [6, 6.07) is 14.1. The number of methoxy groups -OCH3 is 1. The van der Waals surface area contributed by atoms with Crippen LogP contribution in [0.5, 0.6) is 11.6 Å². The predicted octanol–water partition coefficient (Wildman–Crippen LogP) is 5.47. The number of hydrogen-bond donors (Lipinski definition) is 1. The summed E-state index contributed by atoms with van der Waals surface area (Å²) in [5.74, 6) is 0.757. The molecule has 0 atom stereocenters. The Bertz CT molecular complexity index is 990. The Morgan fingerprint density at radius 3 is 2.52 bits per heavy atom. The van der Waals surface area contributed by atoms with Gasteiger partial charge >= 0.3 is 0 Å². The van der Waals surface area contributed by atoms with Gasteiger partial charge in [0.2, 0.25) is 11.8 Å². The van der Waals surface area contributed by atoms with Crippen LogP contribution in [-0.4, -0.2) is 35.3 Å². The normalized spacial score (nSPS) is 10.8. The van der Waals surface area contributed by atoms with Crippen LogP contribution in [0.15, 0.2) is 48.5 Å². The maximum atomic E-state index is 11.4. The Kier molecular flexibility index (Phi) is 7.39. The van der Waals surface area contributed by atoms with Crippen LogP contribution in [0, 0.1) is 0 Å². The van der Waals surface area contributed by atoms with E-state index in [4.69, 9.17) is 44.3 Å². The second-order valence-electron chi connectivity index (χ2n) is 6.02. The third kappa shape index (κ3) is 5.64. The summed E-state index contributed by atoms with van der Waals surface area (Å²) in [6.45, 7) is 0.985. The van der Waals surface area contributed by atoms with E-state index in [9.17, 15) is 4.79 Å². The van der Waals surface area contributed by atoms with Crippen molar-refractivity contribution in [1.29, 1.82) is 0 Å². The first kappa shape index (κ1) is 21.5. The fraction of sp³-hybridized carbons (Fsp3) is 0.200. The highest BCUT2D eigenvalue weighted by Gasteiger charge is 2.13. The van der Waals surface area contributed by atoms with E-state index in [1.54, 1.807) is 48.2 Å². The van der Waals surface area contributed by atoms with Crippen LogP contribution in [0.25, 0.3) is 11.3 Å². The van der Waals surface area contributed by atoms with Gasteiger partial charge < -0.3 is 14.8 Å². The van der Waals surface area contributed by atoms with Crippen molar-refractivity contribution < 1.29 is 14.3 Å². The molecule has 152 valence electrons. The number of anilines is 1. The number of benzene rings is 2. The zero-order chi connectivity index (χ0) is 20.8. The van der Waals surface area contributed by atoms with Crippen LogP contribution in [0.3, 0.4) is 0 Å². The molecule has 0 bridgehead atoms. The first-order chi connectivity index (χ1) is 14.0. The molecule has 1 N–H and O–H groups in total. The number of nitrogens with one attached hydrogen (secondary N) is 1. The van der Waals surface area contributed by atoms with E-state index < -0.39 is 0 Å². The van der Waals surface area contributed by atoms with Gasteiger partial charge in [0.05, 0.1) is 28.9 Å². The van der Waals surface area contributed by atoms with Crippen molar-refractivity contribution in [3.63, 3.8) is 0 Å². The SMILES string of the molecule is COCCn1nc(-c2ccc(Cl)c(Cl)c2)cc1Oc1ccc(NC(=O)CCl)cc1. The lowest BCUT2D eigenvalue weighted by atomic mass is 10.1. The van der Waals surface area contributed by atoms with Gasteiger partial charge in [-0.05, 0) is 36.4 Å². The molecule has 0 aliphatic heterocycles. The van der Waals surface area contributed by atoms with Crippen molar-refractivity contribution in [3.8, 4) is 22.9 Å². The molecule has 1 heterocycles. The average Bonchev–Trinajstić information content (AvgIpc) is 3.12. The highest BCUT2D eigenvalue weighted by atomic mass is 35.5. The Morgan fingerprint density at radius 1 is 1.10 bits per heavy atom. The molecule has 2 aromatic carbocycles. The Morgan fingerprint density at radius 2 is 1.86 bits per heavy atom. The van der Waals surface area contributed by atoms with E-state index in [1.165, 1.54) is 0 Å². The first-order valence-corrected chi connectivity index (χ1v) is 9.95. The van der Waals surface area contributed by atoms with Crippen LogP contribution in [-0.2, 0) is 16.1 Å². The zero-order valence-electron chi connectivity index (χ0n) is 15.5. The minimum Gasteiger partial charge on any atom is -0.439 e. The van der Waals surface area contributed by atoms with Crippen LogP contribution < -0.4 is 10.1 Å². The van der Waals surface area contributed by atoms with Crippen LogP contribution in [0.2, 0.25) is 10.0 Å². The molecule has 0 saturated carbocycles. The third-order valence-electron chi connectivity index (χ3n) is 3.95. The van der Waals surface area contributed by atoms with Gasteiger partial charge in [-0.25, -0.2) is 4.68 Å². The maximum Gasteiger partial charge on any atom is 0.239 e. The van der Waals surface area contributed by atoms with E-state index >= 15 is 0 Å². The van der Waals surface area contributed by atoms with E-state index in [-0.39, 0.29) is 11.8 Å².